The maximum atomic E-state index is 12.1. The molecule has 2 aromatic carbocycles. The SMILES string of the molecule is CC(NC(=O)Nc1ccc(Cl)cc1Cl)Oc1ccccc1C(C)C. The zero-order chi connectivity index (χ0) is 17.7. The number of hydrogen-bond donors (Lipinski definition) is 2. The predicted octanol–water partition coefficient (Wildman–Crippen LogP) is 5.66. The lowest BCUT2D eigenvalue weighted by molar-refractivity contribution is 0.181. The van der Waals surface area contributed by atoms with Crippen molar-refractivity contribution in [3.8, 4) is 5.75 Å². The van der Waals surface area contributed by atoms with Crippen molar-refractivity contribution < 1.29 is 9.53 Å². The van der Waals surface area contributed by atoms with Gasteiger partial charge in [0.2, 0.25) is 0 Å². The molecule has 4 nitrogen and oxygen atoms in total. The lowest BCUT2D eigenvalue weighted by Gasteiger charge is -2.20. The highest BCUT2D eigenvalue weighted by Crippen LogP contribution is 2.27. The highest BCUT2D eigenvalue weighted by atomic mass is 35.5. The van der Waals surface area contributed by atoms with Crippen molar-refractivity contribution in [2.45, 2.75) is 32.9 Å². The molecule has 2 aromatic rings. The Hall–Kier alpha value is -1.91. The lowest BCUT2D eigenvalue weighted by atomic mass is 10.0. The second-order valence-electron chi connectivity index (χ2n) is 5.68. The molecule has 128 valence electrons. The van der Waals surface area contributed by atoms with Crippen molar-refractivity contribution in [1.82, 2.24) is 5.32 Å². The quantitative estimate of drug-likeness (QED) is 0.670. The summed E-state index contributed by atoms with van der Waals surface area (Å²) in [5, 5.41) is 6.27. The molecule has 0 bridgehead atoms. The van der Waals surface area contributed by atoms with Gasteiger partial charge in [0.15, 0.2) is 6.23 Å². The number of carbonyl (C=O) groups is 1. The number of halogens is 2. The maximum Gasteiger partial charge on any atom is 0.322 e. The third-order valence-corrected chi connectivity index (χ3v) is 3.91. The van der Waals surface area contributed by atoms with E-state index in [0.29, 0.717) is 21.7 Å². The molecule has 0 aliphatic rings. The van der Waals surface area contributed by atoms with Gasteiger partial charge < -0.3 is 15.4 Å². The van der Waals surface area contributed by atoms with Crippen LogP contribution in [0.5, 0.6) is 5.75 Å². The number of amides is 2. The van der Waals surface area contributed by atoms with Gasteiger partial charge >= 0.3 is 6.03 Å². The van der Waals surface area contributed by atoms with Crippen LogP contribution in [0.15, 0.2) is 42.5 Å². The molecule has 2 amide bonds. The van der Waals surface area contributed by atoms with Crippen LogP contribution in [0.4, 0.5) is 10.5 Å². The first-order valence-electron chi connectivity index (χ1n) is 7.65. The van der Waals surface area contributed by atoms with Gasteiger partial charge in [-0.05, 0) is 42.7 Å². The van der Waals surface area contributed by atoms with Crippen LogP contribution in [0.3, 0.4) is 0 Å². The number of para-hydroxylation sites is 1. The zero-order valence-corrected chi connectivity index (χ0v) is 15.3. The lowest BCUT2D eigenvalue weighted by Crippen LogP contribution is -2.39. The summed E-state index contributed by atoms with van der Waals surface area (Å²) in [5.74, 6) is 1.08. The van der Waals surface area contributed by atoms with Crippen molar-refractivity contribution in [2.75, 3.05) is 5.32 Å². The van der Waals surface area contributed by atoms with Gasteiger partial charge in [0.05, 0.1) is 10.7 Å². The molecule has 0 spiro atoms. The third kappa shape index (κ3) is 5.05. The van der Waals surface area contributed by atoms with Crippen molar-refractivity contribution in [1.29, 1.82) is 0 Å². The molecule has 2 N–H and O–H groups in total. The van der Waals surface area contributed by atoms with Crippen LogP contribution in [-0.4, -0.2) is 12.3 Å². The second kappa shape index (κ2) is 8.27. The molecule has 0 aromatic heterocycles. The van der Waals surface area contributed by atoms with Gasteiger partial charge in [0.25, 0.3) is 0 Å². The highest BCUT2D eigenvalue weighted by Gasteiger charge is 2.13. The Labute approximate surface area is 152 Å². The molecule has 0 saturated heterocycles. The minimum atomic E-state index is -0.504. The third-order valence-electron chi connectivity index (χ3n) is 3.36. The first-order chi connectivity index (χ1) is 11.4. The van der Waals surface area contributed by atoms with E-state index in [1.807, 2.05) is 24.3 Å². The van der Waals surface area contributed by atoms with E-state index in [-0.39, 0.29) is 0 Å². The molecule has 0 aliphatic carbocycles. The first-order valence-corrected chi connectivity index (χ1v) is 8.40. The van der Waals surface area contributed by atoms with Crippen LogP contribution < -0.4 is 15.4 Å². The van der Waals surface area contributed by atoms with Gasteiger partial charge in [-0.2, -0.15) is 0 Å². The molecular formula is C18H20Cl2N2O2. The van der Waals surface area contributed by atoms with Crippen LogP contribution in [-0.2, 0) is 0 Å². The fourth-order valence-electron chi connectivity index (χ4n) is 2.22. The Morgan fingerprint density at radius 3 is 2.46 bits per heavy atom. The summed E-state index contributed by atoms with van der Waals surface area (Å²) in [5.41, 5.74) is 1.57. The average molecular weight is 367 g/mol. The number of benzene rings is 2. The van der Waals surface area contributed by atoms with E-state index in [4.69, 9.17) is 27.9 Å². The monoisotopic (exact) mass is 366 g/mol. The molecular weight excluding hydrogens is 347 g/mol. The van der Waals surface area contributed by atoms with E-state index < -0.39 is 12.3 Å². The summed E-state index contributed by atoms with van der Waals surface area (Å²) in [6, 6.07) is 12.2. The number of nitrogens with one attached hydrogen (secondary N) is 2. The Balaban J connectivity index is 1.97. The molecule has 1 unspecified atom stereocenters. The predicted molar refractivity (Wildman–Crippen MR) is 99.2 cm³/mol. The summed E-state index contributed by atoms with van der Waals surface area (Å²) in [7, 11) is 0. The van der Waals surface area contributed by atoms with Crippen LogP contribution in [0, 0.1) is 0 Å². The van der Waals surface area contributed by atoms with E-state index >= 15 is 0 Å². The van der Waals surface area contributed by atoms with Gasteiger partial charge in [0, 0.05) is 5.02 Å². The summed E-state index contributed by atoms with van der Waals surface area (Å²) < 4.78 is 5.84. The molecule has 1 atom stereocenters. The van der Waals surface area contributed by atoms with E-state index in [0.717, 1.165) is 11.3 Å². The molecule has 24 heavy (non-hydrogen) atoms. The topological polar surface area (TPSA) is 50.4 Å². The fourth-order valence-corrected chi connectivity index (χ4v) is 2.67. The van der Waals surface area contributed by atoms with Crippen molar-refractivity contribution in [3.63, 3.8) is 0 Å². The number of carbonyl (C=O) groups excluding carboxylic acids is 1. The number of hydrogen-bond acceptors (Lipinski definition) is 2. The summed E-state index contributed by atoms with van der Waals surface area (Å²) >= 11 is 11.9. The van der Waals surface area contributed by atoms with Gasteiger partial charge in [-0.3, -0.25) is 0 Å². The molecule has 0 radical (unpaired) electrons. The minimum Gasteiger partial charge on any atom is -0.471 e. The smallest absolute Gasteiger partial charge is 0.322 e. The van der Waals surface area contributed by atoms with E-state index in [1.54, 1.807) is 25.1 Å². The second-order valence-corrected chi connectivity index (χ2v) is 6.52. The van der Waals surface area contributed by atoms with E-state index in [2.05, 4.69) is 24.5 Å². The van der Waals surface area contributed by atoms with Gasteiger partial charge in [-0.15, -0.1) is 0 Å². The minimum absolute atomic E-state index is 0.329. The van der Waals surface area contributed by atoms with Gasteiger partial charge in [-0.1, -0.05) is 55.2 Å². The van der Waals surface area contributed by atoms with Gasteiger partial charge in [0.1, 0.15) is 5.75 Å². The average Bonchev–Trinajstić information content (AvgIpc) is 2.50. The Morgan fingerprint density at radius 1 is 1.08 bits per heavy atom. The Morgan fingerprint density at radius 2 is 1.79 bits per heavy atom. The van der Waals surface area contributed by atoms with Crippen LogP contribution in [0.25, 0.3) is 0 Å². The maximum absolute atomic E-state index is 12.1. The highest BCUT2D eigenvalue weighted by molar-refractivity contribution is 6.36. The number of anilines is 1. The first kappa shape index (κ1) is 18.4. The van der Waals surface area contributed by atoms with Gasteiger partial charge in [-0.25, -0.2) is 4.79 Å². The molecule has 0 heterocycles. The fraction of sp³-hybridized carbons (Fsp3) is 0.278. The molecule has 0 fully saturated rings. The number of urea groups is 1. The van der Waals surface area contributed by atoms with Crippen LogP contribution in [0.2, 0.25) is 10.0 Å². The normalized spacial score (nSPS) is 11.9. The standard InChI is InChI=1S/C18H20Cl2N2O2/c1-11(2)14-6-4-5-7-17(14)24-12(3)21-18(23)22-16-9-8-13(19)10-15(16)20/h4-12H,1-3H3,(H2,21,22,23). The molecule has 0 aliphatic heterocycles. The van der Waals surface area contributed by atoms with Crippen LogP contribution in [0.1, 0.15) is 32.3 Å². The van der Waals surface area contributed by atoms with E-state index in [1.165, 1.54) is 0 Å². The number of ether oxygens (including phenoxy) is 1. The van der Waals surface area contributed by atoms with Crippen molar-refractivity contribution in [3.05, 3.63) is 58.1 Å². The summed E-state index contributed by atoms with van der Waals surface area (Å²) in [4.78, 5) is 12.1. The number of rotatable bonds is 5. The Bertz CT molecular complexity index is 720. The Kier molecular flexibility index (Phi) is 6.35. The van der Waals surface area contributed by atoms with Crippen LogP contribution >= 0.6 is 23.2 Å². The van der Waals surface area contributed by atoms with Crippen molar-refractivity contribution >= 4 is 34.9 Å². The molecule has 0 saturated carbocycles. The molecule has 6 heteroatoms. The van der Waals surface area contributed by atoms with Crippen molar-refractivity contribution in [2.24, 2.45) is 0 Å². The summed E-state index contributed by atoms with van der Waals surface area (Å²) in [6.07, 6.45) is -0.504. The summed E-state index contributed by atoms with van der Waals surface area (Å²) in [6.45, 7) is 5.95. The van der Waals surface area contributed by atoms with E-state index in [9.17, 15) is 4.79 Å². The largest absolute Gasteiger partial charge is 0.471 e. The molecule has 2 rings (SSSR count). The zero-order valence-electron chi connectivity index (χ0n) is 13.8.